The molecule has 1 aromatic carbocycles. The first-order chi connectivity index (χ1) is 12.5. The van der Waals surface area contributed by atoms with E-state index in [1.54, 1.807) is 12.1 Å². The Balaban J connectivity index is 0.00000364. The third kappa shape index (κ3) is 8.18. The van der Waals surface area contributed by atoms with Gasteiger partial charge in [0.2, 0.25) is 0 Å². The lowest BCUT2D eigenvalue weighted by atomic mass is 10.2. The molecule has 1 heterocycles. The van der Waals surface area contributed by atoms with Gasteiger partial charge >= 0.3 is 0 Å². The maximum atomic E-state index is 12.9. The highest BCUT2D eigenvalue weighted by molar-refractivity contribution is 14.0. The van der Waals surface area contributed by atoms with Crippen LogP contribution in [0.1, 0.15) is 6.92 Å². The van der Waals surface area contributed by atoms with Crippen LogP contribution < -0.4 is 10.1 Å². The van der Waals surface area contributed by atoms with Gasteiger partial charge in [-0.3, -0.25) is 9.89 Å². The van der Waals surface area contributed by atoms with Crippen molar-refractivity contribution in [3.05, 3.63) is 30.1 Å². The molecule has 0 saturated carbocycles. The average Bonchev–Trinajstić information content (AvgIpc) is 2.62. The zero-order valence-electron chi connectivity index (χ0n) is 16.8. The Labute approximate surface area is 179 Å². The van der Waals surface area contributed by atoms with Crippen LogP contribution in [0.5, 0.6) is 5.75 Å². The molecule has 1 atom stereocenters. The normalized spacial score (nSPS) is 18.7. The maximum Gasteiger partial charge on any atom is 0.193 e. The van der Waals surface area contributed by atoms with Gasteiger partial charge in [-0.1, -0.05) is 0 Å². The number of hydrogen-bond acceptors (Lipinski definition) is 4. The Kier molecular flexibility index (Phi) is 10.9. The van der Waals surface area contributed by atoms with E-state index in [-0.39, 0.29) is 29.8 Å². The van der Waals surface area contributed by atoms with Crippen LogP contribution >= 0.6 is 24.0 Å². The summed E-state index contributed by atoms with van der Waals surface area (Å²) >= 11 is 0. The van der Waals surface area contributed by atoms with Crippen LogP contribution in [-0.2, 0) is 0 Å². The van der Waals surface area contributed by atoms with E-state index in [0.717, 1.165) is 38.7 Å². The summed E-state index contributed by atoms with van der Waals surface area (Å²) in [6.45, 7) is 8.10. The molecular weight excluding hydrogens is 460 g/mol. The molecule has 27 heavy (non-hydrogen) atoms. The Morgan fingerprint density at radius 3 is 2.67 bits per heavy atom. The van der Waals surface area contributed by atoms with Crippen LogP contribution in [0.2, 0.25) is 0 Å². The minimum absolute atomic E-state index is 0. The van der Waals surface area contributed by atoms with Gasteiger partial charge in [-0.2, -0.15) is 0 Å². The average molecular weight is 493 g/mol. The molecule has 1 unspecified atom stereocenters. The SMILES string of the molecule is CCNC(=NCC1CN(C)CCN1C)N(C)CCOc1ccc(F)cc1.I. The second-order valence-corrected chi connectivity index (χ2v) is 6.82. The molecular formula is C19H33FIN5O. The Bertz CT molecular complexity index is 572. The summed E-state index contributed by atoms with van der Waals surface area (Å²) in [6.07, 6.45) is 0. The number of likely N-dealkylation sites (N-methyl/N-ethyl adjacent to an activating group) is 3. The highest BCUT2D eigenvalue weighted by atomic mass is 127. The van der Waals surface area contributed by atoms with Crippen molar-refractivity contribution in [3.8, 4) is 5.75 Å². The summed E-state index contributed by atoms with van der Waals surface area (Å²) in [4.78, 5) is 11.6. The minimum atomic E-state index is -0.255. The van der Waals surface area contributed by atoms with Crippen molar-refractivity contribution in [2.24, 2.45) is 4.99 Å². The number of guanidine groups is 1. The van der Waals surface area contributed by atoms with Gasteiger partial charge in [0.05, 0.1) is 13.1 Å². The highest BCUT2D eigenvalue weighted by Gasteiger charge is 2.22. The quantitative estimate of drug-likeness (QED) is 0.358. The zero-order chi connectivity index (χ0) is 18.9. The fraction of sp³-hybridized carbons (Fsp3) is 0.632. The van der Waals surface area contributed by atoms with Gasteiger partial charge in [-0.05, 0) is 45.3 Å². The zero-order valence-corrected chi connectivity index (χ0v) is 19.2. The Hall–Kier alpha value is -1.13. The molecule has 0 spiro atoms. The first-order valence-corrected chi connectivity index (χ1v) is 9.26. The molecule has 1 N–H and O–H groups in total. The van der Waals surface area contributed by atoms with Gasteiger partial charge in [0.25, 0.3) is 0 Å². The third-order valence-corrected chi connectivity index (χ3v) is 4.64. The van der Waals surface area contributed by atoms with E-state index < -0.39 is 0 Å². The van der Waals surface area contributed by atoms with Crippen LogP contribution in [0.4, 0.5) is 4.39 Å². The molecule has 1 aliphatic heterocycles. The fourth-order valence-electron chi connectivity index (χ4n) is 2.90. The van der Waals surface area contributed by atoms with E-state index in [4.69, 9.17) is 9.73 Å². The summed E-state index contributed by atoms with van der Waals surface area (Å²) in [5, 5.41) is 3.34. The van der Waals surface area contributed by atoms with E-state index in [1.165, 1.54) is 12.1 Å². The second-order valence-electron chi connectivity index (χ2n) is 6.82. The van der Waals surface area contributed by atoms with Crippen LogP contribution in [0.25, 0.3) is 0 Å². The second kappa shape index (κ2) is 12.4. The van der Waals surface area contributed by atoms with E-state index in [2.05, 4.69) is 41.0 Å². The Morgan fingerprint density at radius 1 is 1.30 bits per heavy atom. The number of benzene rings is 1. The van der Waals surface area contributed by atoms with Crippen molar-refractivity contribution in [3.63, 3.8) is 0 Å². The summed E-state index contributed by atoms with van der Waals surface area (Å²) in [5.74, 6) is 1.31. The molecule has 1 aromatic rings. The van der Waals surface area contributed by atoms with Gasteiger partial charge in [0, 0.05) is 39.3 Å². The number of nitrogens with one attached hydrogen (secondary N) is 1. The molecule has 0 bridgehead atoms. The molecule has 154 valence electrons. The molecule has 0 radical (unpaired) electrons. The number of hydrogen-bond donors (Lipinski definition) is 1. The highest BCUT2D eigenvalue weighted by Crippen LogP contribution is 2.11. The molecule has 2 rings (SSSR count). The summed E-state index contributed by atoms with van der Waals surface area (Å²) in [6, 6.07) is 6.53. The molecule has 0 aromatic heterocycles. The summed E-state index contributed by atoms with van der Waals surface area (Å²) in [7, 11) is 6.33. The molecule has 0 amide bonds. The van der Waals surface area contributed by atoms with Crippen LogP contribution in [-0.4, -0.2) is 93.7 Å². The number of aliphatic imine (C=N–C) groups is 1. The van der Waals surface area contributed by atoms with Crippen molar-refractivity contribution >= 4 is 29.9 Å². The molecule has 1 aliphatic rings. The first-order valence-electron chi connectivity index (χ1n) is 9.26. The standard InChI is InChI=1S/C19H32FN5O.HI/c1-5-21-19(22-14-17-15-23(2)10-11-24(17)3)25(4)12-13-26-18-8-6-16(20)7-9-18;/h6-9,17H,5,10-15H2,1-4H3,(H,21,22);1H. The number of nitrogens with zero attached hydrogens (tertiary/aromatic N) is 4. The number of halogens is 2. The van der Waals surface area contributed by atoms with Crippen LogP contribution in [0.15, 0.2) is 29.3 Å². The molecule has 1 fully saturated rings. The third-order valence-electron chi connectivity index (χ3n) is 4.64. The van der Waals surface area contributed by atoms with Gasteiger partial charge in [-0.25, -0.2) is 4.39 Å². The van der Waals surface area contributed by atoms with E-state index >= 15 is 0 Å². The van der Waals surface area contributed by atoms with E-state index in [1.807, 2.05) is 7.05 Å². The predicted molar refractivity (Wildman–Crippen MR) is 120 cm³/mol. The first kappa shape index (κ1) is 23.9. The predicted octanol–water partition coefficient (Wildman–Crippen LogP) is 1.97. The van der Waals surface area contributed by atoms with Gasteiger partial charge in [0.15, 0.2) is 5.96 Å². The maximum absolute atomic E-state index is 12.9. The smallest absolute Gasteiger partial charge is 0.193 e. The lowest BCUT2D eigenvalue weighted by Crippen LogP contribution is -2.51. The van der Waals surface area contributed by atoms with Crippen molar-refractivity contribution < 1.29 is 9.13 Å². The molecule has 6 nitrogen and oxygen atoms in total. The summed E-state index contributed by atoms with van der Waals surface area (Å²) in [5.41, 5.74) is 0. The van der Waals surface area contributed by atoms with Crippen molar-refractivity contribution in [2.45, 2.75) is 13.0 Å². The fourth-order valence-corrected chi connectivity index (χ4v) is 2.90. The van der Waals surface area contributed by atoms with Gasteiger partial charge in [0.1, 0.15) is 18.2 Å². The Morgan fingerprint density at radius 2 is 2.00 bits per heavy atom. The van der Waals surface area contributed by atoms with Crippen molar-refractivity contribution in [1.29, 1.82) is 0 Å². The number of piperazine rings is 1. The lowest BCUT2D eigenvalue weighted by molar-refractivity contribution is 0.119. The monoisotopic (exact) mass is 493 g/mol. The van der Waals surface area contributed by atoms with Gasteiger partial charge < -0.3 is 19.9 Å². The van der Waals surface area contributed by atoms with E-state index in [0.29, 0.717) is 24.9 Å². The van der Waals surface area contributed by atoms with Crippen LogP contribution in [0, 0.1) is 5.82 Å². The molecule has 0 aliphatic carbocycles. The molecule has 8 heteroatoms. The van der Waals surface area contributed by atoms with Crippen molar-refractivity contribution in [2.75, 3.05) is 67.0 Å². The van der Waals surface area contributed by atoms with Gasteiger partial charge in [-0.15, -0.1) is 24.0 Å². The lowest BCUT2D eigenvalue weighted by Gasteiger charge is -2.37. The molecule has 1 saturated heterocycles. The van der Waals surface area contributed by atoms with Crippen molar-refractivity contribution in [1.82, 2.24) is 20.0 Å². The largest absolute Gasteiger partial charge is 0.492 e. The number of rotatable bonds is 7. The topological polar surface area (TPSA) is 43.3 Å². The number of ether oxygens (including phenoxy) is 1. The minimum Gasteiger partial charge on any atom is -0.492 e. The summed E-state index contributed by atoms with van der Waals surface area (Å²) < 4.78 is 18.6. The van der Waals surface area contributed by atoms with E-state index in [9.17, 15) is 4.39 Å². The van der Waals surface area contributed by atoms with Crippen LogP contribution in [0.3, 0.4) is 0 Å².